The van der Waals surface area contributed by atoms with Crippen molar-refractivity contribution in [3.63, 3.8) is 0 Å². The molecule has 6 fully saturated rings. The quantitative estimate of drug-likeness (QED) is 0.132. The van der Waals surface area contributed by atoms with Gasteiger partial charge < -0.3 is 36.6 Å². The predicted octanol–water partition coefficient (Wildman–Crippen LogP) is 6.64. The topological polar surface area (TPSA) is 225 Å². The highest BCUT2D eigenvalue weighted by atomic mass is 16.4. The van der Waals surface area contributed by atoms with E-state index < -0.39 is 5.97 Å². The van der Waals surface area contributed by atoms with Gasteiger partial charge in [0.15, 0.2) is 5.69 Å². The number of carbonyl (C=O) groups is 2. The van der Waals surface area contributed by atoms with Crippen LogP contribution >= 0.6 is 0 Å². The van der Waals surface area contributed by atoms with Crippen molar-refractivity contribution >= 4 is 11.9 Å². The molecule has 0 saturated heterocycles. The zero-order valence-electron chi connectivity index (χ0n) is 38.3. The van der Waals surface area contributed by atoms with E-state index in [1.54, 1.807) is 6.20 Å². The largest absolute Gasteiger partial charge is 0.476 e. The van der Waals surface area contributed by atoms with Gasteiger partial charge >= 0.3 is 5.97 Å². The molecule has 6 aliphatic carbocycles. The van der Waals surface area contributed by atoms with Gasteiger partial charge in [0, 0.05) is 44.5 Å². The van der Waals surface area contributed by atoms with Crippen molar-refractivity contribution in [2.75, 3.05) is 26.3 Å². The van der Waals surface area contributed by atoms with Crippen molar-refractivity contribution < 1.29 is 35.1 Å². The minimum absolute atomic E-state index is 0.0301. The predicted molar refractivity (Wildman–Crippen MR) is 242 cm³/mol. The van der Waals surface area contributed by atoms with Gasteiger partial charge in [0.05, 0.1) is 24.6 Å². The summed E-state index contributed by atoms with van der Waals surface area (Å²) >= 11 is 0. The summed E-state index contributed by atoms with van der Waals surface area (Å²) in [5.74, 6) is 2.00. The molecule has 0 unspecified atom stereocenters. The molecule has 0 aromatic carbocycles. The Hall–Kier alpha value is -3.62. The van der Waals surface area contributed by atoms with Crippen LogP contribution < -0.4 is 11.1 Å². The van der Waals surface area contributed by atoms with E-state index in [1.807, 2.05) is 0 Å². The maximum absolute atomic E-state index is 12.7. The Bertz CT molecular complexity index is 1890. The molecule has 2 aromatic rings. The van der Waals surface area contributed by atoms with Crippen molar-refractivity contribution in [3.05, 3.63) is 72.9 Å². The highest BCUT2D eigenvalue weighted by molar-refractivity contribution is 5.91. The second-order valence-corrected chi connectivity index (χ2v) is 21.0. The molecule has 1 amide bonds. The third-order valence-corrected chi connectivity index (χ3v) is 18.3. The first-order chi connectivity index (χ1) is 30.0. The Morgan fingerprint density at radius 2 is 1.14 bits per heavy atom. The van der Waals surface area contributed by atoms with Gasteiger partial charge in [-0.25, -0.2) is 14.8 Å². The number of aliphatic hydroxyl groups is 4. The summed E-state index contributed by atoms with van der Waals surface area (Å²) in [6.45, 7) is 19.8. The van der Waals surface area contributed by atoms with Crippen LogP contribution in [0.2, 0.25) is 0 Å². The lowest BCUT2D eigenvalue weighted by molar-refractivity contribution is -0.0928. The summed E-state index contributed by atoms with van der Waals surface area (Å²) in [5, 5.41) is 51.9. The Morgan fingerprint density at radius 1 is 0.683 bits per heavy atom. The van der Waals surface area contributed by atoms with Crippen LogP contribution in [0.1, 0.15) is 139 Å². The van der Waals surface area contributed by atoms with Crippen LogP contribution in [0.5, 0.6) is 0 Å². The molecule has 8 N–H and O–H groups in total. The van der Waals surface area contributed by atoms with Gasteiger partial charge in [-0.2, -0.15) is 0 Å². The summed E-state index contributed by atoms with van der Waals surface area (Å²) in [6.07, 6.45) is 22.2. The molecule has 348 valence electrons. The van der Waals surface area contributed by atoms with Gasteiger partial charge in [-0.05, 0) is 165 Å². The van der Waals surface area contributed by atoms with Crippen molar-refractivity contribution in [3.8, 4) is 0 Å². The number of aromatic carboxylic acids is 1. The number of aromatic nitrogens is 4. The molecular formula is C50H76N6O7. The van der Waals surface area contributed by atoms with E-state index in [4.69, 9.17) is 10.8 Å². The van der Waals surface area contributed by atoms with E-state index in [0.29, 0.717) is 54.2 Å². The number of hydrogen-bond acceptors (Lipinski definition) is 11. The van der Waals surface area contributed by atoms with Gasteiger partial charge in [-0.3, -0.25) is 14.8 Å². The number of carboxylic acid groups (broad SMARTS) is 1. The number of carbonyl (C=O) groups excluding carboxylic acids is 1. The monoisotopic (exact) mass is 873 g/mol. The van der Waals surface area contributed by atoms with Crippen LogP contribution in [0.3, 0.4) is 0 Å². The maximum Gasteiger partial charge on any atom is 0.356 e. The molecule has 13 nitrogen and oxygen atoms in total. The molecule has 6 aliphatic rings. The van der Waals surface area contributed by atoms with Crippen LogP contribution in [0.15, 0.2) is 61.5 Å². The van der Waals surface area contributed by atoms with Crippen LogP contribution in [0.25, 0.3) is 0 Å². The van der Waals surface area contributed by atoms with Crippen LogP contribution in [0.4, 0.5) is 0 Å². The highest BCUT2D eigenvalue weighted by Crippen LogP contribution is 2.65. The molecule has 13 heteroatoms. The molecule has 2 aromatic heterocycles. The van der Waals surface area contributed by atoms with Gasteiger partial charge in [-0.1, -0.05) is 52.0 Å². The number of rotatable bonds is 9. The second kappa shape index (κ2) is 20.3. The van der Waals surface area contributed by atoms with Gasteiger partial charge in [0.2, 0.25) is 0 Å². The summed E-state index contributed by atoms with van der Waals surface area (Å²) in [4.78, 5) is 38.1. The van der Waals surface area contributed by atoms with E-state index in [0.717, 1.165) is 70.8 Å². The number of nitrogens with zero attached hydrogens (tertiary/aromatic N) is 4. The first-order valence-corrected chi connectivity index (χ1v) is 23.6. The van der Waals surface area contributed by atoms with Crippen LogP contribution in [0, 0.1) is 69.0 Å². The molecule has 0 spiro atoms. The molecule has 2 heterocycles. The van der Waals surface area contributed by atoms with Gasteiger partial charge in [0.1, 0.15) is 5.69 Å². The summed E-state index contributed by atoms with van der Waals surface area (Å²) < 4.78 is 0. The molecule has 8 rings (SSSR count). The first-order valence-electron chi connectivity index (χ1n) is 23.6. The number of amides is 1. The standard InChI is InChI=1S/C25H37N3O3.C20H35NO2.C5H4N2O2/c1-16-4-5-20-19(13-28-23(31)22-14-26-10-11-27-22)21(7-9-24(16,20)2)25(3)8-6-18(30)12-17(25)15-29;1-13-4-5-17-16(11-21)18(7-9-19(13,17)2)20(3)8-6-15(23)10-14(20)12-22;8-5(9)4-3-6-1-2-7-4/h10-11,14,17-21,29-30H,1,4-9,12-13,15H2,2-3H3,(H,28,31);14-18,22-23H,1,4-12,21H2,2-3H3;1-3H,(H,8,9)/t17-,18+,19+,20+,21+,24-,25+;14-,15+,16+,17+,18+,19-,20+;/m11./s1. The summed E-state index contributed by atoms with van der Waals surface area (Å²) in [6, 6.07) is 0. The van der Waals surface area contributed by atoms with Crippen LogP contribution in [-0.2, 0) is 0 Å². The summed E-state index contributed by atoms with van der Waals surface area (Å²) in [5.41, 5.74) is 9.86. The highest BCUT2D eigenvalue weighted by Gasteiger charge is 2.58. The average Bonchev–Trinajstić information content (AvgIpc) is 3.77. The number of hydrogen-bond donors (Lipinski definition) is 7. The number of fused-ring (bicyclic) bond motifs is 2. The van der Waals surface area contributed by atoms with E-state index >= 15 is 0 Å². The Balaban J connectivity index is 0.000000180. The van der Waals surface area contributed by atoms with Crippen molar-refractivity contribution in [2.45, 2.75) is 130 Å². The molecule has 6 saturated carbocycles. The van der Waals surface area contributed by atoms with Crippen molar-refractivity contribution in [1.29, 1.82) is 0 Å². The zero-order chi connectivity index (χ0) is 45.7. The van der Waals surface area contributed by atoms with Crippen molar-refractivity contribution in [2.24, 2.45) is 74.7 Å². The molecule has 0 radical (unpaired) electrons. The molecular weight excluding hydrogens is 797 g/mol. The SMILES string of the molecule is C=C1CC[C@H]2[C@H](CN)[C@@H]([C@@]3(C)CC[C@H](O)C[C@@H]3CO)CC[C@]12C.C=C1CC[C@H]2[C@H](CNC(=O)c3cnccn3)[C@@H]([C@@]3(C)CC[C@H](O)C[C@@H]3CO)CC[C@]12C.O=C(O)c1cnccn1. The Morgan fingerprint density at radius 3 is 1.56 bits per heavy atom. The molecule has 0 bridgehead atoms. The van der Waals surface area contributed by atoms with E-state index in [2.05, 4.69) is 66.1 Å². The third-order valence-electron chi connectivity index (χ3n) is 18.3. The lowest BCUT2D eigenvalue weighted by Crippen LogP contribution is -2.53. The van der Waals surface area contributed by atoms with Crippen molar-refractivity contribution in [1.82, 2.24) is 25.3 Å². The summed E-state index contributed by atoms with van der Waals surface area (Å²) in [7, 11) is 0. The Kier molecular flexibility index (Phi) is 15.7. The number of nitrogens with two attached hydrogens (primary N) is 1. The van der Waals surface area contributed by atoms with E-state index in [9.17, 15) is 30.0 Å². The Labute approximate surface area is 374 Å². The lowest BCUT2D eigenvalue weighted by Gasteiger charge is -2.56. The normalized spacial score (nSPS) is 39.7. The zero-order valence-corrected chi connectivity index (χ0v) is 38.3. The molecule has 14 atom stereocenters. The van der Waals surface area contributed by atoms with Gasteiger partial charge in [0.25, 0.3) is 5.91 Å². The number of aliphatic hydroxyl groups excluding tert-OH is 4. The fourth-order valence-electron chi connectivity index (χ4n) is 14.1. The minimum Gasteiger partial charge on any atom is -0.476 e. The van der Waals surface area contributed by atoms with E-state index in [1.165, 1.54) is 61.4 Å². The fourth-order valence-corrected chi connectivity index (χ4v) is 14.1. The second-order valence-electron chi connectivity index (χ2n) is 21.0. The number of allylic oxidation sites excluding steroid dienone is 2. The third kappa shape index (κ3) is 9.83. The minimum atomic E-state index is -1.05. The average molecular weight is 873 g/mol. The maximum atomic E-state index is 12.7. The van der Waals surface area contributed by atoms with Crippen LogP contribution in [-0.4, -0.2) is 95.9 Å². The smallest absolute Gasteiger partial charge is 0.356 e. The van der Waals surface area contributed by atoms with E-state index in [-0.39, 0.29) is 70.5 Å². The number of nitrogens with one attached hydrogen (secondary N) is 1. The van der Waals surface area contributed by atoms with Gasteiger partial charge in [-0.15, -0.1) is 0 Å². The number of carboxylic acids is 1. The molecule has 0 aliphatic heterocycles. The first kappa shape index (κ1) is 48.8. The lowest BCUT2D eigenvalue weighted by atomic mass is 9.49. The molecule has 63 heavy (non-hydrogen) atoms. The fraction of sp³-hybridized carbons (Fsp3) is 0.720.